The van der Waals surface area contributed by atoms with Gasteiger partial charge in [-0.15, -0.1) is 0 Å². The highest BCUT2D eigenvalue weighted by Crippen LogP contribution is 2.25. The molecule has 26 heavy (non-hydrogen) atoms. The average Bonchev–Trinajstić information content (AvgIpc) is 2.47. The standard InChI is InChI=1S/C20H40O5Si/c1-8-14-20(21)22-15-12-10-9-11-13-16-26(23-17(2)3,24-18(4)5)25-19(6)7/h8,14,17-19H,9-13,15-16H2,1-7H3. The minimum absolute atomic E-state index is 0.0889. The lowest BCUT2D eigenvalue weighted by molar-refractivity contribution is -0.137. The van der Waals surface area contributed by atoms with Gasteiger partial charge in [-0.1, -0.05) is 25.3 Å². The highest BCUT2D eigenvalue weighted by molar-refractivity contribution is 6.60. The Hall–Kier alpha value is -0.693. The van der Waals surface area contributed by atoms with Gasteiger partial charge in [0.1, 0.15) is 0 Å². The van der Waals surface area contributed by atoms with E-state index >= 15 is 0 Å². The second kappa shape index (κ2) is 14.4. The average molecular weight is 389 g/mol. The molecular weight excluding hydrogens is 348 g/mol. The van der Waals surface area contributed by atoms with Crippen LogP contribution in [-0.2, 0) is 22.8 Å². The number of hydrogen-bond acceptors (Lipinski definition) is 5. The van der Waals surface area contributed by atoms with E-state index in [1.807, 2.05) is 41.5 Å². The van der Waals surface area contributed by atoms with Gasteiger partial charge in [0.05, 0.1) is 6.61 Å². The van der Waals surface area contributed by atoms with Crippen LogP contribution in [0.25, 0.3) is 0 Å². The van der Waals surface area contributed by atoms with Gasteiger partial charge in [0.15, 0.2) is 0 Å². The number of esters is 1. The summed E-state index contributed by atoms with van der Waals surface area (Å²) in [4.78, 5) is 11.2. The maximum Gasteiger partial charge on any atom is 0.501 e. The SMILES string of the molecule is CC=CC(=O)OCCCCCCC[Si](OC(C)C)(OC(C)C)OC(C)C. The molecule has 0 rings (SSSR count). The van der Waals surface area contributed by atoms with E-state index in [2.05, 4.69) is 0 Å². The molecule has 0 saturated carbocycles. The van der Waals surface area contributed by atoms with Crippen LogP contribution in [0.1, 0.15) is 80.6 Å². The molecule has 0 aliphatic carbocycles. The second-order valence-corrected chi connectivity index (χ2v) is 9.94. The molecule has 0 atom stereocenters. The predicted octanol–water partition coefficient (Wildman–Crippen LogP) is 5.27. The molecule has 0 amide bonds. The van der Waals surface area contributed by atoms with Crippen molar-refractivity contribution in [3.8, 4) is 0 Å². The Balaban J connectivity index is 4.24. The number of rotatable bonds is 15. The van der Waals surface area contributed by atoms with Crippen LogP contribution >= 0.6 is 0 Å². The second-order valence-electron chi connectivity index (χ2n) is 7.37. The molecule has 0 fully saturated rings. The molecule has 0 aliphatic heterocycles. The molecule has 0 saturated heterocycles. The summed E-state index contributed by atoms with van der Waals surface area (Å²) in [7, 11) is -2.66. The van der Waals surface area contributed by atoms with E-state index in [-0.39, 0.29) is 24.3 Å². The summed E-state index contributed by atoms with van der Waals surface area (Å²) in [5.74, 6) is -0.259. The van der Waals surface area contributed by atoms with Crippen molar-refractivity contribution >= 4 is 14.8 Å². The van der Waals surface area contributed by atoms with Gasteiger partial charge in [-0.2, -0.15) is 0 Å². The van der Waals surface area contributed by atoms with Crippen molar-refractivity contribution in [2.24, 2.45) is 0 Å². The Morgan fingerprint density at radius 3 is 1.73 bits per heavy atom. The van der Waals surface area contributed by atoms with Crippen molar-refractivity contribution in [1.82, 2.24) is 0 Å². The Kier molecular flexibility index (Phi) is 14.0. The topological polar surface area (TPSA) is 54.0 Å². The predicted molar refractivity (Wildman–Crippen MR) is 108 cm³/mol. The Morgan fingerprint density at radius 2 is 1.27 bits per heavy atom. The lowest BCUT2D eigenvalue weighted by Gasteiger charge is -2.34. The van der Waals surface area contributed by atoms with Crippen LogP contribution in [0.3, 0.4) is 0 Å². The van der Waals surface area contributed by atoms with Gasteiger partial charge in [0, 0.05) is 30.4 Å². The Bertz CT molecular complexity index is 367. The number of carbonyl (C=O) groups excluding carboxylic acids is 1. The van der Waals surface area contributed by atoms with E-state index in [9.17, 15) is 4.79 Å². The zero-order valence-corrected chi connectivity index (χ0v) is 18.9. The van der Waals surface area contributed by atoms with Crippen LogP contribution in [-0.4, -0.2) is 39.7 Å². The van der Waals surface area contributed by atoms with E-state index < -0.39 is 8.80 Å². The van der Waals surface area contributed by atoms with Crippen molar-refractivity contribution in [3.63, 3.8) is 0 Å². The minimum atomic E-state index is -2.66. The monoisotopic (exact) mass is 388 g/mol. The molecule has 0 heterocycles. The van der Waals surface area contributed by atoms with Crippen molar-refractivity contribution in [2.75, 3.05) is 6.61 Å². The first-order valence-electron chi connectivity index (χ1n) is 10.0. The van der Waals surface area contributed by atoms with Gasteiger partial charge < -0.3 is 18.0 Å². The van der Waals surface area contributed by atoms with Crippen LogP contribution in [0.5, 0.6) is 0 Å². The van der Waals surface area contributed by atoms with E-state index in [4.69, 9.17) is 18.0 Å². The molecule has 154 valence electrons. The Labute approximate surface area is 161 Å². The summed E-state index contributed by atoms with van der Waals surface area (Å²) < 4.78 is 23.6. The molecule has 0 radical (unpaired) electrons. The van der Waals surface area contributed by atoms with Gasteiger partial charge >= 0.3 is 14.8 Å². The molecule has 0 aromatic rings. The van der Waals surface area contributed by atoms with Crippen molar-refractivity contribution < 1.29 is 22.8 Å². The molecule has 0 aromatic carbocycles. The van der Waals surface area contributed by atoms with Gasteiger partial charge in [0.25, 0.3) is 0 Å². The van der Waals surface area contributed by atoms with E-state index in [0.717, 1.165) is 38.1 Å². The summed E-state index contributed by atoms with van der Waals surface area (Å²) in [5, 5.41) is 0. The third-order valence-corrected chi connectivity index (χ3v) is 6.88. The summed E-state index contributed by atoms with van der Waals surface area (Å²) >= 11 is 0. The van der Waals surface area contributed by atoms with Crippen LogP contribution in [0.2, 0.25) is 6.04 Å². The van der Waals surface area contributed by atoms with Gasteiger partial charge in [-0.25, -0.2) is 4.79 Å². The Morgan fingerprint density at radius 1 is 0.808 bits per heavy atom. The lowest BCUT2D eigenvalue weighted by Crippen LogP contribution is -2.50. The maximum absolute atomic E-state index is 11.2. The molecule has 6 heteroatoms. The lowest BCUT2D eigenvalue weighted by atomic mass is 10.2. The van der Waals surface area contributed by atoms with Gasteiger partial charge in [-0.05, 0) is 61.3 Å². The normalized spacial score (nSPS) is 12.7. The molecule has 0 aromatic heterocycles. The van der Waals surface area contributed by atoms with Gasteiger partial charge in [-0.3, -0.25) is 0 Å². The van der Waals surface area contributed by atoms with Crippen molar-refractivity contribution in [2.45, 2.75) is 105 Å². The van der Waals surface area contributed by atoms with E-state index in [1.165, 1.54) is 6.08 Å². The molecule has 5 nitrogen and oxygen atoms in total. The highest BCUT2D eigenvalue weighted by atomic mass is 28.4. The fraction of sp³-hybridized carbons (Fsp3) is 0.850. The number of ether oxygens (including phenoxy) is 1. The number of unbranched alkanes of at least 4 members (excludes halogenated alkanes) is 4. The molecule has 0 unspecified atom stereocenters. The zero-order valence-electron chi connectivity index (χ0n) is 17.9. The minimum Gasteiger partial charge on any atom is -0.463 e. The number of hydrogen-bond donors (Lipinski definition) is 0. The summed E-state index contributed by atoms with van der Waals surface area (Å²) in [6.07, 6.45) is 8.59. The first kappa shape index (κ1) is 25.3. The third-order valence-electron chi connectivity index (χ3n) is 3.42. The van der Waals surface area contributed by atoms with Crippen molar-refractivity contribution in [1.29, 1.82) is 0 Å². The molecule has 0 aliphatic rings. The number of carbonyl (C=O) groups is 1. The van der Waals surface area contributed by atoms with Gasteiger partial charge in [0.2, 0.25) is 0 Å². The largest absolute Gasteiger partial charge is 0.501 e. The van der Waals surface area contributed by atoms with Crippen LogP contribution in [0, 0.1) is 0 Å². The smallest absolute Gasteiger partial charge is 0.463 e. The zero-order chi connectivity index (χ0) is 20.0. The first-order chi connectivity index (χ1) is 12.2. The fourth-order valence-electron chi connectivity index (χ4n) is 2.67. The molecular formula is C20H40O5Si. The summed E-state index contributed by atoms with van der Waals surface area (Å²) in [6.45, 7) is 14.5. The third kappa shape index (κ3) is 13.5. The molecule has 0 spiro atoms. The maximum atomic E-state index is 11.2. The first-order valence-corrected chi connectivity index (χ1v) is 12.0. The van der Waals surface area contributed by atoms with Crippen molar-refractivity contribution in [3.05, 3.63) is 12.2 Å². The number of allylic oxidation sites excluding steroid dienone is 1. The molecule has 0 bridgehead atoms. The quantitative estimate of drug-likeness (QED) is 0.165. The highest BCUT2D eigenvalue weighted by Gasteiger charge is 2.43. The van der Waals surface area contributed by atoms with E-state index in [1.54, 1.807) is 13.0 Å². The van der Waals surface area contributed by atoms with Crippen LogP contribution in [0.15, 0.2) is 12.2 Å². The van der Waals surface area contributed by atoms with Crippen LogP contribution in [0.4, 0.5) is 0 Å². The van der Waals surface area contributed by atoms with E-state index in [0.29, 0.717) is 6.61 Å². The molecule has 0 N–H and O–H groups in total. The van der Waals surface area contributed by atoms with Crippen LogP contribution < -0.4 is 0 Å². The summed E-state index contributed by atoms with van der Waals surface area (Å²) in [5.41, 5.74) is 0. The fourth-order valence-corrected chi connectivity index (χ4v) is 6.03. The summed E-state index contributed by atoms with van der Waals surface area (Å²) in [6, 6.07) is 0.845.